The minimum Gasteiger partial charge on any atom is -0.478 e. The lowest BCUT2D eigenvalue weighted by Gasteiger charge is -2.00. The first-order valence-electron chi connectivity index (χ1n) is 4.66. The third-order valence-corrected chi connectivity index (χ3v) is 1.68. The highest BCUT2D eigenvalue weighted by Gasteiger charge is 1.96. The Morgan fingerprint density at radius 3 is 2.25 bits per heavy atom. The summed E-state index contributed by atoms with van der Waals surface area (Å²) in [5.74, 6) is -2.07. The Balaban J connectivity index is 4.10. The van der Waals surface area contributed by atoms with Gasteiger partial charge in [-0.15, -0.1) is 6.58 Å². The number of hydrogen-bond donors (Lipinski definition) is 2. The van der Waals surface area contributed by atoms with Crippen molar-refractivity contribution in [2.24, 2.45) is 5.92 Å². The molecule has 16 heavy (non-hydrogen) atoms. The summed E-state index contributed by atoms with van der Waals surface area (Å²) in [6.45, 7) is 3.58. The molecule has 0 radical (unpaired) electrons. The lowest BCUT2D eigenvalue weighted by molar-refractivity contribution is -0.132. The molecule has 4 heteroatoms. The molecule has 0 aliphatic carbocycles. The molecule has 0 rings (SSSR count). The number of aliphatic carboxylic acids is 2. The maximum Gasteiger partial charge on any atom is 0.328 e. The molecule has 0 fully saturated rings. The van der Waals surface area contributed by atoms with Crippen LogP contribution < -0.4 is 0 Å². The minimum atomic E-state index is -1.00. The smallest absolute Gasteiger partial charge is 0.328 e. The zero-order valence-electron chi connectivity index (χ0n) is 8.74. The highest BCUT2D eigenvalue weighted by Crippen LogP contribution is 2.07. The number of carboxylic acids is 2. The summed E-state index contributed by atoms with van der Waals surface area (Å²) in [6, 6.07) is 0. The van der Waals surface area contributed by atoms with Crippen molar-refractivity contribution in [2.45, 2.75) is 6.42 Å². The topological polar surface area (TPSA) is 74.6 Å². The summed E-state index contributed by atoms with van der Waals surface area (Å²) in [5, 5.41) is 16.7. The van der Waals surface area contributed by atoms with Crippen molar-refractivity contribution in [1.29, 1.82) is 0 Å². The predicted molar refractivity (Wildman–Crippen MR) is 61.0 cm³/mol. The van der Waals surface area contributed by atoms with Crippen LogP contribution in [-0.2, 0) is 9.59 Å². The van der Waals surface area contributed by atoms with Gasteiger partial charge in [-0.25, -0.2) is 9.59 Å². The number of rotatable bonds is 7. The standard InChI is InChI=1S/C12H14O4/c1-2-10(8-9-12(15)16)6-4-3-5-7-11(13)14/h2-5,7-10H,1,6H2,(H,13,14)(H,15,16)/b4-3+,7-5+,9-8+. The van der Waals surface area contributed by atoms with Crippen molar-refractivity contribution in [2.75, 3.05) is 0 Å². The van der Waals surface area contributed by atoms with E-state index in [1.807, 2.05) is 0 Å². The summed E-state index contributed by atoms with van der Waals surface area (Å²) >= 11 is 0. The van der Waals surface area contributed by atoms with Crippen LogP contribution in [0.1, 0.15) is 6.42 Å². The van der Waals surface area contributed by atoms with E-state index in [-0.39, 0.29) is 5.92 Å². The molecule has 0 aromatic rings. The van der Waals surface area contributed by atoms with E-state index in [1.54, 1.807) is 18.2 Å². The molecule has 86 valence electrons. The summed E-state index contributed by atoms with van der Waals surface area (Å²) in [7, 11) is 0. The van der Waals surface area contributed by atoms with Crippen molar-refractivity contribution in [3.63, 3.8) is 0 Å². The molecule has 4 nitrogen and oxygen atoms in total. The SMILES string of the molecule is C=CC(/C=C/C(=O)O)C/C=C/C=C/C(=O)O. The zero-order chi connectivity index (χ0) is 12.4. The van der Waals surface area contributed by atoms with Crippen LogP contribution in [0.3, 0.4) is 0 Å². The van der Waals surface area contributed by atoms with Crippen molar-refractivity contribution >= 4 is 11.9 Å². The van der Waals surface area contributed by atoms with E-state index in [4.69, 9.17) is 10.2 Å². The first-order valence-corrected chi connectivity index (χ1v) is 4.66. The van der Waals surface area contributed by atoms with E-state index in [1.165, 1.54) is 12.2 Å². The number of hydrogen-bond acceptors (Lipinski definition) is 2. The lowest BCUT2D eigenvalue weighted by Crippen LogP contribution is -1.92. The molecule has 1 atom stereocenters. The van der Waals surface area contributed by atoms with Gasteiger partial charge < -0.3 is 10.2 Å². The van der Waals surface area contributed by atoms with Crippen molar-refractivity contribution in [3.05, 3.63) is 49.1 Å². The van der Waals surface area contributed by atoms with Crippen LogP contribution in [0.5, 0.6) is 0 Å². The Bertz CT molecular complexity index is 337. The summed E-state index contributed by atoms with van der Waals surface area (Å²) in [6.07, 6.45) is 10.6. The van der Waals surface area contributed by atoms with Gasteiger partial charge in [0.15, 0.2) is 0 Å². The van der Waals surface area contributed by atoms with Gasteiger partial charge in [0.05, 0.1) is 0 Å². The molecule has 0 saturated carbocycles. The van der Waals surface area contributed by atoms with Gasteiger partial charge in [0, 0.05) is 12.2 Å². The summed E-state index contributed by atoms with van der Waals surface area (Å²) in [4.78, 5) is 20.4. The van der Waals surface area contributed by atoms with E-state index in [9.17, 15) is 9.59 Å². The lowest BCUT2D eigenvalue weighted by atomic mass is 10.1. The van der Waals surface area contributed by atoms with Crippen LogP contribution in [0.15, 0.2) is 49.1 Å². The molecular weight excluding hydrogens is 208 g/mol. The molecule has 0 aliphatic heterocycles. The Morgan fingerprint density at radius 1 is 1.12 bits per heavy atom. The monoisotopic (exact) mass is 222 g/mol. The molecule has 0 heterocycles. The van der Waals surface area contributed by atoms with Crippen LogP contribution in [0.2, 0.25) is 0 Å². The third-order valence-electron chi connectivity index (χ3n) is 1.68. The fourth-order valence-electron chi connectivity index (χ4n) is 0.911. The maximum absolute atomic E-state index is 10.3. The molecule has 0 bridgehead atoms. The van der Waals surface area contributed by atoms with Crippen LogP contribution in [0.4, 0.5) is 0 Å². The van der Waals surface area contributed by atoms with Crippen LogP contribution in [0.25, 0.3) is 0 Å². The Kier molecular flexibility index (Phi) is 7.15. The van der Waals surface area contributed by atoms with Crippen LogP contribution in [-0.4, -0.2) is 22.2 Å². The van der Waals surface area contributed by atoms with E-state index < -0.39 is 11.9 Å². The van der Waals surface area contributed by atoms with Crippen molar-refractivity contribution in [3.8, 4) is 0 Å². The molecule has 1 unspecified atom stereocenters. The zero-order valence-corrected chi connectivity index (χ0v) is 8.74. The highest BCUT2D eigenvalue weighted by atomic mass is 16.4. The molecule has 0 amide bonds. The molecule has 0 aromatic carbocycles. The normalized spacial score (nSPS) is 13.5. The first kappa shape index (κ1) is 13.9. The minimum absolute atomic E-state index is 0.0643. The van der Waals surface area contributed by atoms with Crippen LogP contribution in [0, 0.1) is 5.92 Å². The van der Waals surface area contributed by atoms with Gasteiger partial charge in [0.1, 0.15) is 0 Å². The van der Waals surface area contributed by atoms with E-state index >= 15 is 0 Å². The Morgan fingerprint density at radius 2 is 1.75 bits per heavy atom. The second-order valence-corrected chi connectivity index (χ2v) is 2.96. The second-order valence-electron chi connectivity index (χ2n) is 2.96. The average Bonchev–Trinajstić information content (AvgIpc) is 2.21. The summed E-state index contributed by atoms with van der Waals surface area (Å²) < 4.78 is 0. The maximum atomic E-state index is 10.3. The van der Waals surface area contributed by atoms with Gasteiger partial charge >= 0.3 is 11.9 Å². The second kappa shape index (κ2) is 8.23. The molecule has 0 spiro atoms. The largest absolute Gasteiger partial charge is 0.478 e. The third kappa shape index (κ3) is 8.50. The van der Waals surface area contributed by atoms with Gasteiger partial charge in [-0.3, -0.25) is 0 Å². The van der Waals surface area contributed by atoms with Gasteiger partial charge in [-0.1, -0.05) is 30.4 Å². The van der Waals surface area contributed by atoms with Gasteiger partial charge in [0.25, 0.3) is 0 Å². The number of carbonyl (C=O) groups is 2. The van der Waals surface area contributed by atoms with E-state index in [2.05, 4.69) is 6.58 Å². The van der Waals surface area contributed by atoms with Gasteiger partial charge in [0.2, 0.25) is 0 Å². The fourth-order valence-corrected chi connectivity index (χ4v) is 0.911. The molecular formula is C12H14O4. The number of allylic oxidation sites excluding steroid dienone is 5. The highest BCUT2D eigenvalue weighted by molar-refractivity contribution is 5.80. The van der Waals surface area contributed by atoms with Crippen LogP contribution >= 0.6 is 0 Å². The summed E-state index contributed by atoms with van der Waals surface area (Å²) in [5.41, 5.74) is 0. The van der Waals surface area contributed by atoms with Crippen molar-refractivity contribution in [1.82, 2.24) is 0 Å². The Hall–Kier alpha value is -2.10. The van der Waals surface area contributed by atoms with Gasteiger partial charge in [-0.2, -0.15) is 0 Å². The van der Waals surface area contributed by atoms with E-state index in [0.717, 1.165) is 12.2 Å². The molecule has 2 N–H and O–H groups in total. The quantitative estimate of drug-likeness (QED) is 0.392. The predicted octanol–water partition coefficient (Wildman–Crippen LogP) is 2.02. The van der Waals surface area contributed by atoms with E-state index in [0.29, 0.717) is 6.42 Å². The fraction of sp³-hybridized carbons (Fsp3) is 0.167. The number of carboxylic acid groups (broad SMARTS) is 2. The Labute approximate surface area is 93.9 Å². The molecule has 0 aliphatic rings. The molecule has 0 saturated heterocycles. The van der Waals surface area contributed by atoms with Crippen molar-refractivity contribution < 1.29 is 19.8 Å². The van der Waals surface area contributed by atoms with Gasteiger partial charge in [-0.05, 0) is 12.3 Å². The average molecular weight is 222 g/mol. The first-order chi connectivity index (χ1) is 7.56. The molecule has 0 aromatic heterocycles.